The average Bonchev–Trinajstić information content (AvgIpc) is 3.16. The molecule has 6 heteroatoms. The van der Waals surface area contributed by atoms with Crippen molar-refractivity contribution in [2.24, 2.45) is 0 Å². The van der Waals surface area contributed by atoms with Gasteiger partial charge in [0.25, 0.3) is 5.91 Å². The molecule has 24 heavy (non-hydrogen) atoms. The van der Waals surface area contributed by atoms with Crippen LogP contribution in [0, 0.1) is 0 Å². The minimum Gasteiger partial charge on any atom is -0.496 e. The third-order valence-corrected chi connectivity index (χ3v) is 4.25. The lowest BCUT2D eigenvalue weighted by atomic mass is 10.2. The normalized spacial score (nSPS) is 13.8. The third-order valence-electron chi connectivity index (χ3n) is 4.25. The second kappa shape index (κ2) is 7.29. The molecule has 1 aromatic carbocycles. The second-order valence-electron chi connectivity index (χ2n) is 5.94. The molecule has 1 fully saturated rings. The van der Waals surface area contributed by atoms with Crippen LogP contribution in [0.25, 0.3) is 0 Å². The van der Waals surface area contributed by atoms with E-state index in [0.717, 1.165) is 30.2 Å². The lowest BCUT2D eigenvalue weighted by molar-refractivity contribution is 0.0777. The Labute approximate surface area is 142 Å². The number of amides is 1. The zero-order valence-corrected chi connectivity index (χ0v) is 14.1. The van der Waals surface area contributed by atoms with Crippen LogP contribution in [0.5, 0.6) is 5.75 Å². The van der Waals surface area contributed by atoms with Gasteiger partial charge in [0.05, 0.1) is 7.11 Å². The summed E-state index contributed by atoms with van der Waals surface area (Å²) >= 11 is 0. The van der Waals surface area contributed by atoms with E-state index >= 15 is 0 Å². The molecule has 0 saturated carbocycles. The first-order chi connectivity index (χ1) is 11.7. The van der Waals surface area contributed by atoms with Gasteiger partial charge in [-0.3, -0.25) is 4.79 Å². The molecule has 0 bridgehead atoms. The van der Waals surface area contributed by atoms with Gasteiger partial charge in [-0.25, -0.2) is 0 Å². The van der Waals surface area contributed by atoms with Crippen molar-refractivity contribution >= 4 is 11.7 Å². The van der Waals surface area contributed by atoms with E-state index in [1.54, 1.807) is 25.1 Å². The van der Waals surface area contributed by atoms with E-state index in [1.165, 1.54) is 12.8 Å². The molecule has 1 saturated heterocycles. The van der Waals surface area contributed by atoms with E-state index < -0.39 is 0 Å². The molecule has 0 unspecified atom stereocenters. The number of para-hydroxylation sites is 1. The average molecular weight is 326 g/mol. The fourth-order valence-electron chi connectivity index (χ4n) is 2.91. The summed E-state index contributed by atoms with van der Waals surface area (Å²) in [4.78, 5) is 16.4. The first-order valence-electron chi connectivity index (χ1n) is 8.15. The first-order valence-corrected chi connectivity index (χ1v) is 8.15. The Morgan fingerprint density at radius 3 is 2.58 bits per heavy atom. The Balaban J connectivity index is 1.68. The van der Waals surface area contributed by atoms with E-state index in [2.05, 4.69) is 15.1 Å². The fraction of sp³-hybridized carbons (Fsp3) is 0.389. The molecule has 0 spiro atoms. The summed E-state index contributed by atoms with van der Waals surface area (Å²) in [6.07, 6.45) is 2.37. The van der Waals surface area contributed by atoms with Crippen LogP contribution >= 0.6 is 0 Å². The summed E-state index contributed by atoms with van der Waals surface area (Å²) in [6.45, 7) is 2.48. The highest BCUT2D eigenvalue weighted by molar-refractivity contribution is 5.92. The molecule has 0 N–H and O–H groups in total. The zero-order valence-electron chi connectivity index (χ0n) is 14.1. The monoisotopic (exact) mass is 326 g/mol. The van der Waals surface area contributed by atoms with Gasteiger partial charge in [-0.15, -0.1) is 10.2 Å². The van der Waals surface area contributed by atoms with Crippen molar-refractivity contribution in [2.45, 2.75) is 19.4 Å². The maximum absolute atomic E-state index is 12.6. The number of methoxy groups -OCH3 is 1. The molecule has 2 aromatic rings. The molecule has 0 aliphatic carbocycles. The van der Waals surface area contributed by atoms with Crippen molar-refractivity contribution in [1.82, 2.24) is 15.1 Å². The molecule has 0 radical (unpaired) electrons. The molecule has 6 nitrogen and oxygen atoms in total. The van der Waals surface area contributed by atoms with Crippen LogP contribution in [0.1, 0.15) is 28.9 Å². The lowest BCUT2D eigenvalue weighted by Gasteiger charge is -2.19. The van der Waals surface area contributed by atoms with E-state index in [4.69, 9.17) is 4.74 Å². The van der Waals surface area contributed by atoms with Gasteiger partial charge >= 0.3 is 0 Å². The topological polar surface area (TPSA) is 58.6 Å². The van der Waals surface area contributed by atoms with Crippen LogP contribution in [-0.4, -0.2) is 48.3 Å². The number of aromatic nitrogens is 2. The molecular weight excluding hydrogens is 304 g/mol. The van der Waals surface area contributed by atoms with Gasteiger partial charge in [-0.1, -0.05) is 18.2 Å². The Bertz CT molecular complexity index is 696. The Hall–Kier alpha value is -2.63. The summed E-state index contributed by atoms with van der Waals surface area (Å²) in [5.74, 6) is 1.46. The standard InChI is InChI=1S/C18H22N4O2/c1-21(13-14-7-3-4-8-16(14)24-2)18(23)15-9-10-17(20-19-15)22-11-5-6-12-22/h3-4,7-10H,5-6,11-13H2,1-2H3. The predicted molar refractivity (Wildman–Crippen MR) is 92.3 cm³/mol. The zero-order chi connectivity index (χ0) is 16.9. The molecule has 3 rings (SSSR count). The maximum Gasteiger partial charge on any atom is 0.274 e. The van der Waals surface area contributed by atoms with Crippen LogP contribution in [0.2, 0.25) is 0 Å². The number of carbonyl (C=O) groups excluding carboxylic acids is 1. The molecule has 2 heterocycles. The Kier molecular flexibility index (Phi) is 4.93. The SMILES string of the molecule is COc1ccccc1CN(C)C(=O)c1ccc(N2CCCC2)nn1. The smallest absolute Gasteiger partial charge is 0.274 e. The van der Waals surface area contributed by atoms with Gasteiger partial charge in [0.1, 0.15) is 5.75 Å². The number of hydrogen-bond donors (Lipinski definition) is 0. The molecule has 1 aliphatic heterocycles. The largest absolute Gasteiger partial charge is 0.496 e. The van der Waals surface area contributed by atoms with Gasteiger partial charge in [0.2, 0.25) is 0 Å². The summed E-state index contributed by atoms with van der Waals surface area (Å²) in [7, 11) is 3.38. The lowest BCUT2D eigenvalue weighted by Crippen LogP contribution is -2.28. The van der Waals surface area contributed by atoms with Gasteiger partial charge < -0.3 is 14.5 Å². The summed E-state index contributed by atoms with van der Waals surface area (Å²) in [5, 5.41) is 8.32. The van der Waals surface area contributed by atoms with E-state index in [1.807, 2.05) is 30.3 Å². The van der Waals surface area contributed by atoms with Crippen molar-refractivity contribution in [1.29, 1.82) is 0 Å². The minimum atomic E-state index is -0.152. The van der Waals surface area contributed by atoms with Crippen molar-refractivity contribution in [3.63, 3.8) is 0 Å². The quantitative estimate of drug-likeness (QED) is 0.844. The third kappa shape index (κ3) is 3.48. The fourth-order valence-corrected chi connectivity index (χ4v) is 2.91. The van der Waals surface area contributed by atoms with Crippen molar-refractivity contribution in [2.75, 3.05) is 32.1 Å². The van der Waals surface area contributed by atoms with Crippen LogP contribution in [-0.2, 0) is 6.54 Å². The number of ether oxygens (including phenoxy) is 1. The summed E-state index contributed by atoms with van der Waals surface area (Å²) in [5.41, 5.74) is 1.31. The highest BCUT2D eigenvalue weighted by Crippen LogP contribution is 2.20. The van der Waals surface area contributed by atoms with Gasteiger partial charge in [-0.2, -0.15) is 0 Å². The van der Waals surface area contributed by atoms with Crippen LogP contribution in [0.3, 0.4) is 0 Å². The van der Waals surface area contributed by atoms with Crippen LogP contribution < -0.4 is 9.64 Å². The molecular formula is C18H22N4O2. The van der Waals surface area contributed by atoms with E-state index in [9.17, 15) is 4.79 Å². The minimum absolute atomic E-state index is 0.152. The maximum atomic E-state index is 12.6. The second-order valence-corrected chi connectivity index (χ2v) is 5.94. The van der Waals surface area contributed by atoms with Gasteiger partial charge in [0.15, 0.2) is 11.5 Å². The van der Waals surface area contributed by atoms with Gasteiger partial charge in [0, 0.05) is 32.2 Å². The number of anilines is 1. The van der Waals surface area contributed by atoms with E-state index in [-0.39, 0.29) is 5.91 Å². The van der Waals surface area contributed by atoms with Crippen molar-refractivity contribution < 1.29 is 9.53 Å². The summed E-state index contributed by atoms with van der Waals surface area (Å²) in [6, 6.07) is 11.3. The molecule has 1 amide bonds. The van der Waals surface area contributed by atoms with Crippen molar-refractivity contribution in [3.8, 4) is 5.75 Å². The number of carbonyl (C=O) groups is 1. The Morgan fingerprint density at radius 1 is 1.17 bits per heavy atom. The van der Waals surface area contributed by atoms with Crippen LogP contribution in [0.4, 0.5) is 5.82 Å². The molecule has 1 aromatic heterocycles. The number of nitrogens with zero attached hydrogens (tertiary/aromatic N) is 4. The van der Waals surface area contributed by atoms with E-state index in [0.29, 0.717) is 12.2 Å². The predicted octanol–water partition coefficient (Wildman–Crippen LogP) is 2.36. The highest BCUT2D eigenvalue weighted by atomic mass is 16.5. The first kappa shape index (κ1) is 16.2. The number of rotatable bonds is 5. The van der Waals surface area contributed by atoms with Gasteiger partial charge in [-0.05, 0) is 31.0 Å². The van der Waals surface area contributed by atoms with Crippen LogP contribution in [0.15, 0.2) is 36.4 Å². The summed E-state index contributed by atoms with van der Waals surface area (Å²) < 4.78 is 5.33. The molecule has 1 aliphatic rings. The van der Waals surface area contributed by atoms with Crippen molar-refractivity contribution in [3.05, 3.63) is 47.7 Å². The Morgan fingerprint density at radius 2 is 1.92 bits per heavy atom. The highest BCUT2D eigenvalue weighted by Gasteiger charge is 2.18. The number of hydrogen-bond acceptors (Lipinski definition) is 5. The molecule has 126 valence electrons. The molecule has 0 atom stereocenters. The number of benzene rings is 1.